The van der Waals surface area contributed by atoms with Crippen LogP contribution in [0.5, 0.6) is 0 Å². The van der Waals surface area contributed by atoms with Crippen molar-refractivity contribution in [3.63, 3.8) is 0 Å². The predicted octanol–water partition coefficient (Wildman–Crippen LogP) is 1.19. The third-order valence-corrected chi connectivity index (χ3v) is 9.62. The molecule has 2 saturated heterocycles. The van der Waals surface area contributed by atoms with E-state index in [-0.39, 0.29) is 43.3 Å². The van der Waals surface area contributed by atoms with Crippen LogP contribution in [0.25, 0.3) is 0 Å². The number of benzene rings is 2. The van der Waals surface area contributed by atoms with Gasteiger partial charge in [0.2, 0.25) is 23.6 Å². The minimum Gasteiger partial charge on any atom is -0.480 e. The molecule has 0 spiro atoms. The van der Waals surface area contributed by atoms with Crippen LogP contribution in [0.4, 0.5) is 0 Å². The molecule has 278 valence electrons. The van der Waals surface area contributed by atoms with Crippen LogP contribution in [0.1, 0.15) is 64.0 Å². The fourth-order valence-electron chi connectivity index (χ4n) is 7.04. The number of unbranched alkanes of at least 4 members (excludes halogenated alkanes) is 1. The average Bonchev–Trinajstić information content (AvgIpc) is 3.07. The number of amides is 4. The van der Waals surface area contributed by atoms with Gasteiger partial charge in [0.1, 0.15) is 18.1 Å². The molecule has 8 N–H and O–H groups in total. The zero-order chi connectivity index (χ0) is 37.1. The minimum atomic E-state index is -1.32. The van der Waals surface area contributed by atoms with Crippen molar-refractivity contribution in [2.75, 3.05) is 26.2 Å². The number of carbonyl (C=O) groups is 5. The molecule has 0 saturated carbocycles. The third kappa shape index (κ3) is 11.3. The second kappa shape index (κ2) is 18.2. The molecular formula is C38H55N7O6. The molecule has 0 aliphatic carbocycles. The number of piperidine rings is 1. The smallest absolute Gasteiger partial charge is 0.317 e. The lowest BCUT2D eigenvalue weighted by molar-refractivity contribution is -0.159. The standard InChI is InChI=1S/C38H55N7O6/c1-25(2)18-31(34(48)41-30(16-10-11-17-39)36(50)45-28-20-29(45)23-44(22-28)24-33(46)47)42-35(49)32(19-26-12-6-4-7-13-26)43-37(51)38(3,40)21-27-14-8-5-9-15-27/h4-9,12-15,25,28-32H,10-11,16-24,39-40H2,1-3H3,(H,41,48)(H,42,49)(H,43,51)(H,46,47). The molecule has 2 aliphatic heterocycles. The van der Waals surface area contributed by atoms with Crippen LogP contribution >= 0.6 is 0 Å². The number of nitrogens with zero attached hydrogens (tertiary/aromatic N) is 2. The minimum absolute atomic E-state index is 0.0165. The highest BCUT2D eigenvalue weighted by Gasteiger charge is 2.49. The first-order valence-electron chi connectivity index (χ1n) is 18.0. The van der Waals surface area contributed by atoms with Crippen LogP contribution in [0.15, 0.2) is 60.7 Å². The van der Waals surface area contributed by atoms with E-state index in [0.29, 0.717) is 45.3 Å². The lowest BCUT2D eigenvalue weighted by Gasteiger charge is -2.56. The summed E-state index contributed by atoms with van der Waals surface area (Å²) in [5.41, 5.74) is 12.6. The highest BCUT2D eigenvalue weighted by Crippen LogP contribution is 2.33. The number of fused-ring (bicyclic) bond motifs is 2. The summed E-state index contributed by atoms with van der Waals surface area (Å²) in [7, 11) is 0. The van der Waals surface area contributed by atoms with Gasteiger partial charge < -0.3 is 37.4 Å². The van der Waals surface area contributed by atoms with E-state index in [9.17, 15) is 29.1 Å². The number of carbonyl (C=O) groups excluding carboxylic acids is 4. The van der Waals surface area contributed by atoms with Gasteiger partial charge >= 0.3 is 5.97 Å². The van der Waals surface area contributed by atoms with Crippen molar-refractivity contribution >= 4 is 29.6 Å². The zero-order valence-corrected chi connectivity index (χ0v) is 30.1. The Bertz CT molecular complexity index is 1480. The first-order chi connectivity index (χ1) is 24.3. The lowest BCUT2D eigenvalue weighted by atomic mass is 9.86. The molecule has 6 unspecified atom stereocenters. The van der Waals surface area contributed by atoms with Gasteiger partial charge in [0.15, 0.2) is 0 Å². The van der Waals surface area contributed by atoms with Gasteiger partial charge in [-0.05, 0) is 69.0 Å². The fourth-order valence-corrected chi connectivity index (χ4v) is 7.04. The van der Waals surface area contributed by atoms with Gasteiger partial charge in [-0.3, -0.25) is 28.9 Å². The van der Waals surface area contributed by atoms with E-state index in [4.69, 9.17) is 11.5 Å². The summed E-state index contributed by atoms with van der Waals surface area (Å²) >= 11 is 0. The Morgan fingerprint density at radius 3 is 1.98 bits per heavy atom. The number of piperazine rings is 1. The second-order valence-corrected chi connectivity index (χ2v) is 14.7. The van der Waals surface area contributed by atoms with Gasteiger partial charge in [-0.15, -0.1) is 0 Å². The summed E-state index contributed by atoms with van der Waals surface area (Å²) in [6.07, 6.45) is 3.20. The van der Waals surface area contributed by atoms with E-state index in [1.807, 2.05) is 79.4 Å². The number of likely N-dealkylation sites (tertiary alicyclic amines) is 2. The number of hydrogen-bond acceptors (Lipinski definition) is 8. The first-order valence-corrected chi connectivity index (χ1v) is 18.0. The summed E-state index contributed by atoms with van der Waals surface area (Å²) in [4.78, 5) is 70.4. The zero-order valence-electron chi connectivity index (χ0n) is 30.1. The Hall–Kier alpha value is -4.33. The van der Waals surface area contributed by atoms with E-state index in [0.717, 1.165) is 17.5 Å². The molecule has 4 rings (SSSR count). The van der Waals surface area contributed by atoms with Crippen LogP contribution in [0, 0.1) is 5.92 Å². The molecule has 2 fully saturated rings. The normalized spacial score (nSPS) is 19.9. The van der Waals surface area contributed by atoms with Gasteiger partial charge in [-0.1, -0.05) is 74.5 Å². The van der Waals surface area contributed by atoms with Crippen LogP contribution in [0.2, 0.25) is 0 Å². The monoisotopic (exact) mass is 705 g/mol. The molecule has 2 aromatic rings. The molecule has 2 bridgehead atoms. The van der Waals surface area contributed by atoms with Gasteiger partial charge in [0.05, 0.1) is 12.1 Å². The molecule has 13 nitrogen and oxygen atoms in total. The molecule has 6 atom stereocenters. The van der Waals surface area contributed by atoms with E-state index < -0.39 is 47.4 Å². The number of hydrogen-bond donors (Lipinski definition) is 6. The highest BCUT2D eigenvalue weighted by molar-refractivity contribution is 5.96. The number of nitrogens with two attached hydrogens (primary N) is 2. The largest absolute Gasteiger partial charge is 0.480 e. The topological polar surface area (TPSA) is 200 Å². The van der Waals surface area contributed by atoms with Crippen molar-refractivity contribution < 1.29 is 29.1 Å². The summed E-state index contributed by atoms with van der Waals surface area (Å²) in [6.45, 7) is 6.80. The van der Waals surface area contributed by atoms with Crippen molar-refractivity contribution in [1.29, 1.82) is 0 Å². The third-order valence-electron chi connectivity index (χ3n) is 9.62. The van der Waals surface area contributed by atoms with Gasteiger partial charge in [-0.25, -0.2) is 0 Å². The van der Waals surface area contributed by atoms with E-state index in [1.54, 1.807) is 11.8 Å². The summed E-state index contributed by atoms with van der Waals surface area (Å²) in [5.74, 6) is -2.62. The fraction of sp³-hybridized carbons (Fsp3) is 0.553. The average molecular weight is 706 g/mol. The Morgan fingerprint density at radius 2 is 1.41 bits per heavy atom. The Balaban J connectivity index is 1.49. The maximum Gasteiger partial charge on any atom is 0.317 e. The van der Waals surface area contributed by atoms with Crippen LogP contribution in [-0.4, -0.2) is 106 Å². The molecule has 0 radical (unpaired) electrons. The molecule has 2 aliphatic rings. The Kier molecular flexibility index (Phi) is 14.1. The van der Waals surface area contributed by atoms with Crippen LogP contribution in [0.3, 0.4) is 0 Å². The van der Waals surface area contributed by atoms with Crippen molar-refractivity contribution in [2.24, 2.45) is 17.4 Å². The predicted molar refractivity (Wildman–Crippen MR) is 194 cm³/mol. The summed E-state index contributed by atoms with van der Waals surface area (Å²) in [6, 6.07) is 15.6. The summed E-state index contributed by atoms with van der Waals surface area (Å²) in [5, 5.41) is 17.9. The van der Waals surface area contributed by atoms with E-state index in [2.05, 4.69) is 16.0 Å². The number of carboxylic acids is 1. The van der Waals surface area contributed by atoms with Crippen molar-refractivity contribution in [3.8, 4) is 0 Å². The molecule has 0 aromatic heterocycles. The Morgan fingerprint density at radius 1 is 0.843 bits per heavy atom. The van der Waals surface area contributed by atoms with Crippen molar-refractivity contribution in [2.45, 2.75) is 101 Å². The van der Waals surface area contributed by atoms with Crippen molar-refractivity contribution in [3.05, 3.63) is 71.8 Å². The number of carboxylic acid groups (broad SMARTS) is 1. The number of nitrogens with one attached hydrogen (secondary N) is 3. The van der Waals surface area contributed by atoms with Gasteiger partial charge in [-0.2, -0.15) is 0 Å². The Labute approximate surface area is 300 Å². The molecule has 2 heterocycles. The molecular weight excluding hydrogens is 650 g/mol. The second-order valence-electron chi connectivity index (χ2n) is 14.7. The first kappa shape index (κ1) is 39.5. The molecule has 4 amide bonds. The number of rotatable bonds is 19. The van der Waals surface area contributed by atoms with Crippen LogP contribution in [-0.2, 0) is 36.8 Å². The molecule has 2 aromatic carbocycles. The number of aliphatic carboxylic acids is 1. The SMILES string of the molecule is CC(C)CC(NC(=O)C(Cc1ccccc1)NC(=O)C(C)(N)Cc1ccccc1)C(=O)NC(CCCCN)C(=O)N1C2CC1CN(CC(=O)O)C2. The van der Waals surface area contributed by atoms with Crippen LogP contribution < -0.4 is 27.4 Å². The van der Waals surface area contributed by atoms with Gasteiger partial charge in [0, 0.05) is 31.6 Å². The lowest BCUT2D eigenvalue weighted by Crippen LogP contribution is -2.72. The van der Waals surface area contributed by atoms with Gasteiger partial charge in [0.25, 0.3) is 0 Å². The maximum atomic E-state index is 14.0. The van der Waals surface area contributed by atoms with Crippen molar-refractivity contribution in [1.82, 2.24) is 25.8 Å². The van der Waals surface area contributed by atoms with E-state index >= 15 is 0 Å². The van der Waals surface area contributed by atoms with E-state index in [1.165, 1.54) is 0 Å². The molecule has 51 heavy (non-hydrogen) atoms. The highest BCUT2D eigenvalue weighted by atomic mass is 16.4. The maximum absolute atomic E-state index is 14.0. The quantitative estimate of drug-likeness (QED) is 0.116. The molecule has 13 heteroatoms. The summed E-state index contributed by atoms with van der Waals surface area (Å²) < 4.78 is 0.